The van der Waals surface area contributed by atoms with Crippen LogP contribution >= 0.6 is 0 Å². The van der Waals surface area contributed by atoms with Gasteiger partial charge in [-0.05, 0) is 69.2 Å². The lowest BCUT2D eigenvalue weighted by Crippen LogP contribution is -2.49. The van der Waals surface area contributed by atoms with E-state index in [0.29, 0.717) is 5.41 Å². The predicted molar refractivity (Wildman–Crippen MR) is 118 cm³/mol. The van der Waals surface area contributed by atoms with Crippen molar-refractivity contribution in [3.8, 4) is 0 Å². The first kappa shape index (κ1) is 18.6. The summed E-state index contributed by atoms with van der Waals surface area (Å²) in [6.45, 7) is 9.75. The van der Waals surface area contributed by atoms with E-state index in [1.54, 1.807) is 0 Å². The molecule has 0 aliphatic carbocycles. The van der Waals surface area contributed by atoms with Gasteiger partial charge in [0.05, 0.1) is 0 Å². The molecule has 2 saturated heterocycles. The van der Waals surface area contributed by atoms with Crippen LogP contribution in [0.25, 0.3) is 10.9 Å². The summed E-state index contributed by atoms with van der Waals surface area (Å²) in [5, 5.41) is 1.37. The van der Waals surface area contributed by atoms with Crippen LogP contribution in [0.2, 0.25) is 0 Å². The third-order valence-corrected chi connectivity index (χ3v) is 6.89. The van der Waals surface area contributed by atoms with Gasteiger partial charge in [-0.2, -0.15) is 0 Å². The zero-order valence-corrected chi connectivity index (χ0v) is 17.6. The number of hydrogen-bond donors (Lipinski definition) is 1. The molecule has 0 bridgehead atoms. The van der Waals surface area contributed by atoms with Gasteiger partial charge >= 0.3 is 0 Å². The van der Waals surface area contributed by atoms with Crippen LogP contribution in [0, 0.1) is 19.3 Å². The van der Waals surface area contributed by atoms with Gasteiger partial charge in [-0.15, -0.1) is 0 Å². The van der Waals surface area contributed by atoms with E-state index in [-0.39, 0.29) is 0 Å². The van der Waals surface area contributed by atoms with E-state index >= 15 is 0 Å². The number of aromatic nitrogens is 3. The maximum Gasteiger partial charge on any atom is 0.225 e. The number of anilines is 1. The number of likely N-dealkylation sites (tertiary alicyclic amines) is 1. The second kappa shape index (κ2) is 7.45. The van der Waals surface area contributed by atoms with Crippen molar-refractivity contribution in [1.29, 1.82) is 0 Å². The normalized spacial score (nSPS) is 19.9. The lowest BCUT2D eigenvalue weighted by Gasteiger charge is -2.47. The van der Waals surface area contributed by atoms with Crippen LogP contribution in [0.4, 0.5) is 5.95 Å². The monoisotopic (exact) mass is 389 g/mol. The highest BCUT2D eigenvalue weighted by Crippen LogP contribution is 2.41. The van der Waals surface area contributed by atoms with Gasteiger partial charge in [-0.3, -0.25) is 4.90 Å². The Hall–Kier alpha value is -2.40. The number of aromatic amines is 1. The Balaban J connectivity index is 1.26. The predicted octanol–water partition coefficient (Wildman–Crippen LogP) is 4.46. The van der Waals surface area contributed by atoms with Crippen LogP contribution in [0.5, 0.6) is 0 Å². The molecule has 0 saturated carbocycles. The minimum atomic E-state index is 0.458. The fraction of sp³-hybridized carbons (Fsp3) is 0.500. The van der Waals surface area contributed by atoms with Crippen LogP contribution in [0.15, 0.2) is 36.5 Å². The number of aryl methyl sites for hydroxylation is 2. The van der Waals surface area contributed by atoms with Crippen molar-refractivity contribution in [2.24, 2.45) is 5.41 Å². The standard InChI is InChI=1S/C24H31N5/c1-18-14-19(2)27-23(26-18)29-12-9-24(10-13-29)8-5-11-28(17-24)16-20-15-25-22-7-4-3-6-21(20)22/h3-4,6-7,14-15,25H,5,8-13,16-17H2,1-2H3. The highest BCUT2D eigenvalue weighted by Gasteiger charge is 2.38. The molecule has 1 aromatic carbocycles. The summed E-state index contributed by atoms with van der Waals surface area (Å²) in [6.07, 6.45) is 7.36. The Bertz CT molecular complexity index is 979. The molecule has 5 nitrogen and oxygen atoms in total. The number of hydrogen-bond acceptors (Lipinski definition) is 4. The fourth-order valence-corrected chi connectivity index (χ4v) is 5.39. The zero-order valence-electron chi connectivity index (χ0n) is 17.6. The molecular formula is C24H31N5. The third kappa shape index (κ3) is 3.76. The highest BCUT2D eigenvalue weighted by molar-refractivity contribution is 5.82. The molecule has 5 heteroatoms. The molecule has 152 valence electrons. The largest absolute Gasteiger partial charge is 0.361 e. The number of benzene rings is 1. The summed E-state index contributed by atoms with van der Waals surface area (Å²) in [7, 11) is 0. The first-order valence-corrected chi connectivity index (χ1v) is 10.9. The number of piperidine rings is 2. The van der Waals surface area contributed by atoms with Crippen molar-refractivity contribution in [3.63, 3.8) is 0 Å². The van der Waals surface area contributed by atoms with Crippen LogP contribution in [-0.4, -0.2) is 46.0 Å². The quantitative estimate of drug-likeness (QED) is 0.719. The lowest BCUT2D eigenvalue weighted by atomic mass is 9.72. The Labute approximate surface area is 173 Å². The van der Waals surface area contributed by atoms with Crippen molar-refractivity contribution in [1.82, 2.24) is 19.9 Å². The van der Waals surface area contributed by atoms with Gasteiger partial charge in [0.2, 0.25) is 5.95 Å². The number of H-pyrrole nitrogens is 1. The van der Waals surface area contributed by atoms with Gasteiger partial charge in [-0.1, -0.05) is 18.2 Å². The molecule has 3 aromatic rings. The van der Waals surface area contributed by atoms with E-state index in [9.17, 15) is 0 Å². The highest BCUT2D eigenvalue weighted by atomic mass is 15.3. The number of nitrogens with one attached hydrogen (secondary N) is 1. The van der Waals surface area contributed by atoms with Crippen molar-refractivity contribution in [2.75, 3.05) is 31.1 Å². The molecule has 0 unspecified atom stereocenters. The average Bonchev–Trinajstić information content (AvgIpc) is 3.11. The second-order valence-corrected chi connectivity index (χ2v) is 9.11. The van der Waals surface area contributed by atoms with E-state index in [4.69, 9.17) is 0 Å². The lowest BCUT2D eigenvalue weighted by molar-refractivity contribution is 0.0605. The third-order valence-electron chi connectivity index (χ3n) is 6.89. The summed E-state index contributed by atoms with van der Waals surface area (Å²) in [5.41, 5.74) is 5.26. The smallest absolute Gasteiger partial charge is 0.225 e. The number of rotatable bonds is 3. The molecule has 1 spiro atoms. The van der Waals surface area contributed by atoms with Gasteiger partial charge in [0.15, 0.2) is 0 Å². The molecule has 0 amide bonds. The fourth-order valence-electron chi connectivity index (χ4n) is 5.39. The molecule has 2 fully saturated rings. The molecule has 0 atom stereocenters. The van der Waals surface area contributed by atoms with Gasteiger partial charge in [0, 0.05) is 54.7 Å². The molecule has 5 rings (SSSR count). The molecule has 1 N–H and O–H groups in total. The van der Waals surface area contributed by atoms with E-state index in [0.717, 1.165) is 37.0 Å². The Morgan fingerprint density at radius 1 is 1.00 bits per heavy atom. The topological polar surface area (TPSA) is 48.1 Å². The minimum absolute atomic E-state index is 0.458. The van der Waals surface area contributed by atoms with Gasteiger partial charge in [-0.25, -0.2) is 9.97 Å². The molecule has 0 radical (unpaired) electrons. The summed E-state index contributed by atoms with van der Waals surface area (Å²) < 4.78 is 0. The summed E-state index contributed by atoms with van der Waals surface area (Å²) in [4.78, 5) is 17.9. The second-order valence-electron chi connectivity index (χ2n) is 9.11. The SMILES string of the molecule is Cc1cc(C)nc(N2CCC3(CCCN(Cc4c[nH]c5ccccc45)C3)CC2)n1. The minimum Gasteiger partial charge on any atom is -0.361 e. The van der Waals surface area contributed by atoms with Crippen LogP contribution in [0.1, 0.15) is 42.6 Å². The van der Waals surface area contributed by atoms with E-state index in [1.165, 1.54) is 55.2 Å². The molecule has 2 aliphatic heterocycles. The van der Waals surface area contributed by atoms with Crippen LogP contribution in [-0.2, 0) is 6.54 Å². The maximum absolute atomic E-state index is 4.69. The molecule has 2 aromatic heterocycles. The summed E-state index contributed by atoms with van der Waals surface area (Å²) in [6, 6.07) is 10.7. The number of para-hydroxylation sites is 1. The Morgan fingerprint density at radius 2 is 1.76 bits per heavy atom. The van der Waals surface area contributed by atoms with Gasteiger partial charge in [0.25, 0.3) is 0 Å². The summed E-state index contributed by atoms with van der Waals surface area (Å²) in [5.74, 6) is 0.920. The zero-order chi connectivity index (χ0) is 19.8. The molecule has 4 heterocycles. The Morgan fingerprint density at radius 3 is 2.55 bits per heavy atom. The van der Waals surface area contributed by atoms with E-state index in [2.05, 4.69) is 75.1 Å². The Kier molecular flexibility index (Phi) is 4.78. The summed E-state index contributed by atoms with van der Waals surface area (Å²) >= 11 is 0. The molecule has 2 aliphatic rings. The first-order chi connectivity index (χ1) is 14.1. The maximum atomic E-state index is 4.69. The number of nitrogens with zero attached hydrogens (tertiary/aromatic N) is 4. The van der Waals surface area contributed by atoms with Crippen molar-refractivity contribution in [2.45, 2.75) is 46.1 Å². The van der Waals surface area contributed by atoms with Crippen LogP contribution in [0.3, 0.4) is 0 Å². The van der Waals surface area contributed by atoms with Crippen LogP contribution < -0.4 is 4.90 Å². The number of fused-ring (bicyclic) bond motifs is 1. The molecule has 29 heavy (non-hydrogen) atoms. The van der Waals surface area contributed by atoms with E-state index in [1.807, 2.05) is 0 Å². The van der Waals surface area contributed by atoms with Crippen molar-refractivity contribution >= 4 is 16.9 Å². The average molecular weight is 390 g/mol. The van der Waals surface area contributed by atoms with E-state index < -0.39 is 0 Å². The van der Waals surface area contributed by atoms with Crippen molar-refractivity contribution in [3.05, 3.63) is 53.5 Å². The van der Waals surface area contributed by atoms with Gasteiger partial charge < -0.3 is 9.88 Å². The van der Waals surface area contributed by atoms with Crippen molar-refractivity contribution < 1.29 is 0 Å². The van der Waals surface area contributed by atoms with Gasteiger partial charge in [0.1, 0.15) is 0 Å². The molecular weight excluding hydrogens is 358 g/mol. The first-order valence-electron chi connectivity index (χ1n) is 10.9.